The monoisotopic (exact) mass is 353 g/mol. The van der Waals surface area contributed by atoms with Crippen molar-refractivity contribution in [1.82, 2.24) is 5.32 Å². The number of rotatable bonds is 7. The highest BCUT2D eigenvalue weighted by molar-refractivity contribution is 5.97. The molecule has 0 radical (unpaired) electrons. The van der Waals surface area contributed by atoms with E-state index in [1.54, 1.807) is 0 Å². The molecule has 0 saturated heterocycles. The van der Waals surface area contributed by atoms with E-state index in [2.05, 4.69) is 27.4 Å². The zero-order chi connectivity index (χ0) is 18.8. The summed E-state index contributed by atoms with van der Waals surface area (Å²) in [5.74, 6) is 1.35. The van der Waals surface area contributed by atoms with Gasteiger partial charge in [0.1, 0.15) is 5.75 Å². The van der Waals surface area contributed by atoms with Crippen molar-refractivity contribution in [3.05, 3.63) is 65.7 Å². The second-order valence-corrected chi connectivity index (χ2v) is 6.14. The van der Waals surface area contributed by atoms with Gasteiger partial charge >= 0.3 is 0 Å². The van der Waals surface area contributed by atoms with E-state index in [4.69, 9.17) is 16.2 Å². The Morgan fingerprint density at radius 1 is 0.923 bits per heavy atom. The van der Waals surface area contributed by atoms with Crippen molar-refractivity contribution in [3.63, 3.8) is 0 Å². The standard InChI is InChI=1S/C20H27N5O/c1-15(2)26-18-10-8-17(9-11-18)14-24-20(22)25-19(21)23-13-12-16-6-4-3-5-7-16/h3-11,15H,12-14H2,1-2H3,(H5,21,22,23,24,25). The zero-order valence-corrected chi connectivity index (χ0v) is 15.4. The van der Waals surface area contributed by atoms with E-state index in [0.717, 1.165) is 17.7 Å². The molecular formula is C20H27N5O. The van der Waals surface area contributed by atoms with Gasteiger partial charge in [0.05, 0.1) is 12.6 Å². The van der Waals surface area contributed by atoms with Gasteiger partial charge in [0.2, 0.25) is 0 Å². The molecule has 0 aromatic heterocycles. The van der Waals surface area contributed by atoms with Crippen molar-refractivity contribution in [2.24, 2.45) is 21.5 Å². The summed E-state index contributed by atoms with van der Waals surface area (Å²) < 4.78 is 5.61. The van der Waals surface area contributed by atoms with Crippen molar-refractivity contribution < 1.29 is 4.74 Å². The molecule has 0 heterocycles. The third kappa shape index (κ3) is 7.25. The van der Waals surface area contributed by atoms with Crippen LogP contribution in [0.1, 0.15) is 25.0 Å². The molecule has 2 rings (SSSR count). The first-order valence-electron chi connectivity index (χ1n) is 8.69. The second kappa shape index (κ2) is 10.1. The van der Waals surface area contributed by atoms with Crippen LogP contribution in [0, 0.1) is 0 Å². The fourth-order valence-corrected chi connectivity index (χ4v) is 2.28. The molecule has 0 aliphatic rings. The number of nitrogens with zero attached hydrogens (tertiary/aromatic N) is 2. The van der Waals surface area contributed by atoms with Crippen molar-refractivity contribution >= 4 is 11.9 Å². The molecule has 6 nitrogen and oxygen atoms in total. The molecule has 138 valence electrons. The van der Waals surface area contributed by atoms with Crippen LogP contribution in [0.3, 0.4) is 0 Å². The Labute approximate surface area is 155 Å². The number of nitrogens with one attached hydrogen (secondary N) is 1. The van der Waals surface area contributed by atoms with Gasteiger partial charge in [0.15, 0.2) is 11.9 Å². The maximum absolute atomic E-state index is 5.85. The minimum atomic E-state index is 0.155. The SMILES string of the molecule is CC(C)Oc1ccc(CN=C(N)NC(N)=NCCc2ccccc2)cc1. The summed E-state index contributed by atoms with van der Waals surface area (Å²) in [7, 11) is 0. The molecule has 2 aromatic rings. The van der Waals surface area contributed by atoms with E-state index in [-0.39, 0.29) is 18.0 Å². The highest BCUT2D eigenvalue weighted by Gasteiger charge is 1.99. The minimum absolute atomic E-state index is 0.155. The molecule has 0 unspecified atom stereocenters. The maximum atomic E-state index is 5.85. The third-order valence-corrected chi connectivity index (χ3v) is 3.51. The van der Waals surface area contributed by atoms with E-state index in [0.29, 0.717) is 13.1 Å². The number of nitrogens with two attached hydrogens (primary N) is 2. The van der Waals surface area contributed by atoms with Crippen LogP contribution in [0.25, 0.3) is 0 Å². The Kier molecular flexibility index (Phi) is 7.49. The minimum Gasteiger partial charge on any atom is -0.491 e. The van der Waals surface area contributed by atoms with Crippen molar-refractivity contribution in [2.45, 2.75) is 32.9 Å². The predicted octanol–water partition coefficient (Wildman–Crippen LogP) is 2.44. The Morgan fingerprint density at radius 2 is 1.58 bits per heavy atom. The van der Waals surface area contributed by atoms with Crippen LogP contribution in [0.2, 0.25) is 0 Å². The molecule has 0 aliphatic carbocycles. The van der Waals surface area contributed by atoms with E-state index in [1.165, 1.54) is 5.56 Å². The Balaban J connectivity index is 1.78. The van der Waals surface area contributed by atoms with E-state index >= 15 is 0 Å². The van der Waals surface area contributed by atoms with E-state index < -0.39 is 0 Å². The number of hydrogen-bond donors (Lipinski definition) is 3. The Morgan fingerprint density at radius 3 is 2.23 bits per heavy atom. The lowest BCUT2D eigenvalue weighted by Crippen LogP contribution is -2.41. The fourth-order valence-electron chi connectivity index (χ4n) is 2.28. The van der Waals surface area contributed by atoms with E-state index in [1.807, 2.05) is 56.3 Å². The Hall–Kier alpha value is -3.02. The summed E-state index contributed by atoms with van der Waals surface area (Å²) >= 11 is 0. The molecule has 5 N–H and O–H groups in total. The summed E-state index contributed by atoms with van der Waals surface area (Å²) in [6.45, 7) is 5.04. The van der Waals surface area contributed by atoms with Gasteiger partial charge < -0.3 is 16.2 Å². The molecule has 0 spiro atoms. The van der Waals surface area contributed by atoms with Gasteiger partial charge in [-0.25, -0.2) is 4.99 Å². The third-order valence-electron chi connectivity index (χ3n) is 3.51. The lowest BCUT2D eigenvalue weighted by Gasteiger charge is -2.09. The second-order valence-electron chi connectivity index (χ2n) is 6.14. The van der Waals surface area contributed by atoms with Crippen LogP contribution in [0.15, 0.2) is 64.6 Å². The first kappa shape index (κ1) is 19.3. The normalized spacial score (nSPS) is 12.3. The van der Waals surface area contributed by atoms with Crippen LogP contribution in [-0.2, 0) is 13.0 Å². The summed E-state index contributed by atoms with van der Waals surface area (Å²) in [5.41, 5.74) is 13.9. The molecule has 2 aromatic carbocycles. The van der Waals surface area contributed by atoms with Crippen LogP contribution < -0.4 is 21.5 Å². The topological polar surface area (TPSA) is 98.0 Å². The highest BCUT2D eigenvalue weighted by Crippen LogP contribution is 2.14. The van der Waals surface area contributed by atoms with Gasteiger partial charge in [-0.3, -0.25) is 10.3 Å². The zero-order valence-electron chi connectivity index (χ0n) is 15.4. The quantitative estimate of drug-likeness (QED) is 0.526. The van der Waals surface area contributed by atoms with Gasteiger partial charge in [-0.05, 0) is 43.5 Å². The Bertz CT molecular complexity index is 724. The molecule has 6 heteroatoms. The molecule has 0 saturated carbocycles. The lowest BCUT2D eigenvalue weighted by atomic mass is 10.2. The van der Waals surface area contributed by atoms with Crippen LogP contribution in [0.4, 0.5) is 0 Å². The number of ether oxygens (including phenoxy) is 1. The first-order valence-corrected chi connectivity index (χ1v) is 8.69. The molecule has 0 fully saturated rings. The number of guanidine groups is 2. The van der Waals surface area contributed by atoms with Crippen LogP contribution in [0.5, 0.6) is 5.75 Å². The van der Waals surface area contributed by atoms with Crippen molar-refractivity contribution in [3.8, 4) is 5.75 Å². The predicted molar refractivity (Wildman–Crippen MR) is 107 cm³/mol. The fraction of sp³-hybridized carbons (Fsp3) is 0.300. The van der Waals surface area contributed by atoms with E-state index in [9.17, 15) is 0 Å². The summed E-state index contributed by atoms with van der Waals surface area (Å²) in [5, 5.41) is 2.80. The van der Waals surface area contributed by atoms with Crippen LogP contribution in [-0.4, -0.2) is 24.6 Å². The molecule has 26 heavy (non-hydrogen) atoms. The van der Waals surface area contributed by atoms with Crippen LogP contribution >= 0.6 is 0 Å². The molecule has 0 aliphatic heterocycles. The lowest BCUT2D eigenvalue weighted by molar-refractivity contribution is 0.242. The highest BCUT2D eigenvalue weighted by atomic mass is 16.5. The number of benzene rings is 2. The molecule has 0 bridgehead atoms. The smallest absolute Gasteiger partial charge is 0.195 e. The number of hydrogen-bond acceptors (Lipinski definition) is 3. The van der Waals surface area contributed by atoms with Gasteiger partial charge in [0, 0.05) is 6.54 Å². The maximum Gasteiger partial charge on any atom is 0.195 e. The number of aliphatic imine (C=N–C) groups is 2. The van der Waals surface area contributed by atoms with Crippen molar-refractivity contribution in [1.29, 1.82) is 0 Å². The van der Waals surface area contributed by atoms with Gasteiger partial charge in [-0.2, -0.15) is 0 Å². The molecule has 0 atom stereocenters. The first-order chi connectivity index (χ1) is 12.5. The summed E-state index contributed by atoms with van der Waals surface area (Å²) in [4.78, 5) is 8.53. The van der Waals surface area contributed by atoms with Crippen molar-refractivity contribution in [2.75, 3.05) is 6.54 Å². The van der Waals surface area contributed by atoms with Gasteiger partial charge in [0.25, 0.3) is 0 Å². The summed E-state index contributed by atoms with van der Waals surface area (Å²) in [6, 6.07) is 17.9. The molecule has 0 amide bonds. The average Bonchev–Trinajstić information content (AvgIpc) is 2.61. The largest absolute Gasteiger partial charge is 0.491 e. The summed E-state index contributed by atoms with van der Waals surface area (Å²) in [6.07, 6.45) is 0.980. The van der Waals surface area contributed by atoms with Gasteiger partial charge in [-0.15, -0.1) is 0 Å². The molecular weight excluding hydrogens is 326 g/mol. The average molecular weight is 353 g/mol. The van der Waals surface area contributed by atoms with Gasteiger partial charge in [-0.1, -0.05) is 42.5 Å².